The highest BCUT2D eigenvalue weighted by atomic mass is 35.5. The highest BCUT2D eigenvalue weighted by Gasteiger charge is 2.30. The summed E-state index contributed by atoms with van der Waals surface area (Å²) in [5.41, 5.74) is 4.38. The summed E-state index contributed by atoms with van der Waals surface area (Å²) in [6.07, 6.45) is 8.76. The zero-order chi connectivity index (χ0) is 14.7. The van der Waals surface area contributed by atoms with Crippen LogP contribution in [0.1, 0.15) is 55.3 Å². The molecule has 1 amide bonds. The first-order chi connectivity index (χ1) is 10.2. The lowest BCUT2D eigenvalue weighted by molar-refractivity contribution is 0.0954. The van der Waals surface area contributed by atoms with Crippen molar-refractivity contribution in [3.63, 3.8) is 0 Å². The molecule has 0 radical (unpaired) electrons. The van der Waals surface area contributed by atoms with E-state index < -0.39 is 0 Å². The van der Waals surface area contributed by atoms with Gasteiger partial charge in [-0.1, -0.05) is 36.9 Å². The smallest absolute Gasteiger partial charge is 0.267 e. The molecule has 0 aromatic heterocycles. The van der Waals surface area contributed by atoms with Crippen molar-refractivity contribution in [2.75, 3.05) is 0 Å². The Morgan fingerprint density at radius 2 is 2.00 bits per heavy atom. The summed E-state index contributed by atoms with van der Waals surface area (Å²) in [6.45, 7) is 0. The number of hydrogen-bond donors (Lipinski definition) is 1. The fraction of sp³-hybridized carbons (Fsp3) is 0.529. The molecule has 2 aliphatic rings. The third-order valence-electron chi connectivity index (χ3n) is 4.77. The second kappa shape index (κ2) is 6.61. The van der Waals surface area contributed by atoms with Gasteiger partial charge >= 0.3 is 0 Å². The summed E-state index contributed by atoms with van der Waals surface area (Å²) in [6, 6.07) is 6.95. The van der Waals surface area contributed by atoms with E-state index >= 15 is 0 Å². The van der Waals surface area contributed by atoms with Crippen LogP contribution < -0.4 is 5.43 Å². The van der Waals surface area contributed by atoms with Crippen LogP contribution in [0.3, 0.4) is 0 Å². The Hall–Kier alpha value is -1.35. The van der Waals surface area contributed by atoms with E-state index in [0.29, 0.717) is 10.6 Å². The van der Waals surface area contributed by atoms with Crippen molar-refractivity contribution in [1.29, 1.82) is 0 Å². The number of carbonyl (C=O) groups excluding carboxylic acids is 1. The van der Waals surface area contributed by atoms with Gasteiger partial charge in [-0.15, -0.1) is 0 Å². The van der Waals surface area contributed by atoms with E-state index in [1.807, 2.05) is 0 Å². The minimum Gasteiger partial charge on any atom is -0.267 e. The van der Waals surface area contributed by atoms with Crippen LogP contribution in [0.2, 0.25) is 5.02 Å². The molecule has 1 aromatic carbocycles. The first kappa shape index (κ1) is 14.6. The molecule has 0 spiro atoms. The molecule has 1 N–H and O–H groups in total. The van der Waals surface area contributed by atoms with Crippen LogP contribution in [0.5, 0.6) is 0 Å². The van der Waals surface area contributed by atoms with Crippen molar-refractivity contribution < 1.29 is 4.79 Å². The maximum atomic E-state index is 12.0. The third kappa shape index (κ3) is 3.65. The summed E-state index contributed by atoms with van der Waals surface area (Å²) in [7, 11) is 0. The normalized spacial score (nSPS) is 27.2. The molecule has 0 bridgehead atoms. The molecule has 4 heteroatoms. The number of halogens is 1. The predicted molar refractivity (Wildman–Crippen MR) is 85.7 cm³/mol. The van der Waals surface area contributed by atoms with Gasteiger partial charge in [-0.25, -0.2) is 5.43 Å². The second-order valence-electron chi connectivity index (χ2n) is 6.18. The Labute approximate surface area is 130 Å². The van der Waals surface area contributed by atoms with Gasteiger partial charge in [0.25, 0.3) is 5.91 Å². The van der Waals surface area contributed by atoms with Crippen LogP contribution in [0.15, 0.2) is 29.4 Å². The van der Waals surface area contributed by atoms with Gasteiger partial charge in [0.2, 0.25) is 0 Å². The molecule has 112 valence electrons. The Morgan fingerprint density at radius 1 is 1.19 bits per heavy atom. The SMILES string of the molecule is O=C(N/N=C1/CC[C@H]2CCCC[C@H]2C1)c1cccc(Cl)c1. The number of hydrazone groups is 1. The summed E-state index contributed by atoms with van der Waals surface area (Å²) in [5.74, 6) is 1.49. The van der Waals surface area contributed by atoms with Gasteiger partial charge < -0.3 is 0 Å². The van der Waals surface area contributed by atoms with E-state index in [9.17, 15) is 4.79 Å². The maximum absolute atomic E-state index is 12.0. The first-order valence-electron chi connectivity index (χ1n) is 7.84. The van der Waals surface area contributed by atoms with Gasteiger partial charge in [-0.3, -0.25) is 4.79 Å². The quantitative estimate of drug-likeness (QED) is 0.808. The van der Waals surface area contributed by atoms with Gasteiger partial charge in [0, 0.05) is 16.3 Å². The zero-order valence-electron chi connectivity index (χ0n) is 12.1. The Morgan fingerprint density at radius 3 is 2.81 bits per heavy atom. The average Bonchev–Trinajstić information content (AvgIpc) is 2.52. The van der Waals surface area contributed by atoms with Crippen LogP contribution in [-0.2, 0) is 0 Å². The third-order valence-corrected chi connectivity index (χ3v) is 5.01. The fourth-order valence-electron chi connectivity index (χ4n) is 3.62. The summed E-state index contributed by atoms with van der Waals surface area (Å²) in [4.78, 5) is 12.0. The minimum absolute atomic E-state index is 0.184. The maximum Gasteiger partial charge on any atom is 0.271 e. The standard InChI is InChI=1S/C17H21ClN2O/c18-15-7-3-6-14(10-15)17(21)20-19-16-9-8-12-4-1-2-5-13(12)11-16/h3,6-7,10,12-13H,1-2,4-5,8-9,11H2,(H,20,21)/b19-16-/t12-,13+/m1/s1. The van der Waals surface area contributed by atoms with Crippen molar-refractivity contribution in [3.8, 4) is 0 Å². The van der Waals surface area contributed by atoms with Crippen molar-refractivity contribution in [2.45, 2.75) is 44.9 Å². The van der Waals surface area contributed by atoms with Gasteiger partial charge in [0.15, 0.2) is 0 Å². The van der Waals surface area contributed by atoms with Gasteiger partial charge in [-0.05, 0) is 55.7 Å². The Kier molecular flexibility index (Phi) is 4.59. The number of rotatable bonds is 2. The van der Waals surface area contributed by atoms with Gasteiger partial charge in [0.1, 0.15) is 0 Å². The Balaban J connectivity index is 1.60. The average molecular weight is 305 g/mol. The zero-order valence-corrected chi connectivity index (χ0v) is 12.9. The molecule has 3 rings (SSSR count). The highest BCUT2D eigenvalue weighted by molar-refractivity contribution is 6.30. The van der Waals surface area contributed by atoms with Crippen LogP contribution in [0, 0.1) is 11.8 Å². The molecule has 2 atom stereocenters. The molecule has 0 saturated heterocycles. The van der Waals surface area contributed by atoms with Crippen LogP contribution >= 0.6 is 11.6 Å². The molecule has 0 heterocycles. The number of fused-ring (bicyclic) bond motifs is 1. The van der Waals surface area contributed by atoms with Crippen LogP contribution in [-0.4, -0.2) is 11.6 Å². The molecule has 21 heavy (non-hydrogen) atoms. The van der Waals surface area contributed by atoms with E-state index in [4.69, 9.17) is 11.6 Å². The van der Waals surface area contributed by atoms with Gasteiger partial charge in [-0.2, -0.15) is 5.10 Å². The number of benzene rings is 1. The van der Waals surface area contributed by atoms with Crippen LogP contribution in [0.4, 0.5) is 0 Å². The second-order valence-corrected chi connectivity index (χ2v) is 6.61. The van der Waals surface area contributed by atoms with Crippen molar-refractivity contribution >= 4 is 23.2 Å². The largest absolute Gasteiger partial charge is 0.271 e. The summed E-state index contributed by atoms with van der Waals surface area (Å²) in [5, 5.41) is 4.92. The van der Waals surface area contributed by atoms with Crippen molar-refractivity contribution in [3.05, 3.63) is 34.9 Å². The number of amides is 1. The van der Waals surface area contributed by atoms with E-state index in [-0.39, 0.29) is 5.91 Å². The van der Waals surface area contributed by atoms with Crippen LogP contribution in [0.25, 0.3) is 0 Å². The fourth-order valence-corrected chi connectivity index (χ4v) is 3.81. The number of hydrogen-bond acceptors (Lipinski definition) is 2. The van der Waals surface area contributed by atoms with E-state index in [0.717, 1.165) is 30.4 Å². The first-order valence-corrected chi connectivity index (χ1v) is 8.21. The van der Waals surface area contributed by atoms with E-state index in [2.05, 4.69) is 10.5 Å². The molecule has 1 aromatic rings. The number of nitrogens with zero attached hydrogens (tertiary/aromatic N) is 1. The predicted octanol–water partition coefficient (Wildman–Crippen LogP) is 4.42. The minimum atomic E-state index is -0.184. The van der Waals surface area contributed by atoms with Crippen molar-refractivity contribution in [2.24, 2.45) is 16.9 Å². The van der Waals surface area contributed by atoms with E-state index in [1.54, 1.807) is 24.3 Å². The lowest BCUT2D eigenvalue weighted by atomic mass is 9.70. The molecule has 3 nitrogen and oxygen atoms in total. The summed E-state index contributed by atoms with van der Waals surface area (Å²) < 4.78 is 0. The molecule has 0 aliphatic heterocycles. The number of carbonyl (C=O) groups is 1. The lowest BCUT2D eigenvalue weighted by Crippen LogP contribution is -2.29. The number of nitrogens with one attached hydrogen (secondary N) is 1. The molecule has 2 saturated carbocycles. The molecular weight excluding hydrogens is 284 g/mol. The summed E-state index contributed by atoms with van der Waals surface area (Å²) >= 11 is 5.90. The molecule has 2 fully saturated rings. The lowest BCUT2D eigenvalue weighted by Gasteiger charge is -2.35. The Bertz CT molecular complexity index is 555. The van der Waals surface area contributed by atoms with E-state index in [1.165, 1.54) is 32.1 Å². The molecular formula is C17H21ClN2O. The highest BCUT2D eigenvalue weighted by Crippen LogP contribution is 2.39. The molecule has 0 unspecified atom stereocenters. The molecule has 2 aliphatic carbocycles. The van der Waals surface area contributed by atoms with Crippen molar-refractivity contribution in [1.82, 2.24) is 5.43 Å². The monoisotopic (exact) mass is 304 g/mol. The van der Waals surface area contributed by atoms with Gasteiger partial charge in [0.05, 0.1) is 0 Å². The topological polar surface area (TPSA) is 41.5 Å².